The predicted octanol–water partition coefficient (Wildman–Crippen LogP) is 2.24. The highest BCUT2D eigenvalue weighted by Crippen LogP contribution is 2.14. The molecule has 1 aromatic heterocycles. The summed E-state index contributed by atoms with van der Waals surface area (Å²) in [5, 5.41) is 2.58. The number of halogens is 1. The zero-order valence-electron chi connectivity index (χ0n) is 12.6. The number of pyridine rings is 1. The van der Waals surface area contributed by atoms with Crippen molar-refractivity contribution >= 4 is 11.6 Å². The van der Waals surface area contributed by atoms with Gasteiger partial charge in [-0.1, -0.05) is 0 Å². The van der Waals surface area contributed by atoms with Crippen molar-refractivity contribution in [2.24, 2.45) is 7.05 Å². The molecule has 0 bridgehead atoms. The van der Waals surface area contributed by atoms with Crippen LogP contribution < -0.4 is 15.6 Å². The van der Waals surface area contributed by atoms with E-state index in [-0.39, 0.29) is 17.1 Å². The van der Waals surface area contributed by atoms with Gasteiger partial charge in [0.2, 0.25) is 0 Å². The lowest BCUT2D eigenvalue weighted by Crippen LogP contribution is -2.33. The average molecular weight is 304 g/mol. The second-order valence-electron chi connectivity index (χ2n) is 4.99. The van der Waals surface area contributed by atoms with Crippen LogP contribution in [0.1, 0.15) is 12.5 Å². The standard InChI is InChI=1S/C16H17FN2O3/c1-10-8-9-19(3)16(21)14(10)18-15(20)11(2)22-13-6-4-12(17)5-7-13/h4-9,11H,1-3H3,(H,18,20). The molecule has 1 amide bonds. The maximum absolute atomic E-state index is 12.8. The quantitative estimate of drug-likeness (QED) is 0.942. The molecule has 5 nitrogen and oxygen atoms in total. The van der Waals surface area contributed by atoms with Gasteiger partial charge in [0.25, 0.3) is 11.5 Å². The van der Waals surface area contributed by atoms with Gasteiger partial charge in [-0.3, -0.25) is 9.59 Å². The predicted molar refractivity (Wildman–Crippen MR) is 81.5 cm³/mol. The molecule has 6 heteroatoms. The summed E-state index contributed by atoms with van der Waals surface area (Å²) in [7, 11) is 1.61. The first kappa shape index (κ1) is 15.8. The maximum atomic E-state index is 12.8. The minimum atomic E-state index is -0.824. The first-order chi connectivity index (χ1) is 10.4. The molecule has 0 spiro atoms. The summed E-state index contributed by atoms with van der Waals surface area (Å²) in [6.45, 7) is 3.30. The van der Waals surface area contributed by atoms with E-state index in [2.05, 4.69) is 5.32 Å². The maximum Gasteiger partial charge on any atom is 0.274 e. The van der Waals surface area contributed by atoms with Crippen LogP contribution in [-0.2, 0) is 11.8 Å². The summed E-state index contributed by atoms with van der Waals surface area (Å²) in [6, 6.07) is 7.11. The molecule has 0 aliphatic rings. The number of anilines is 1. The molecule has 1 unspecified atom stereocenters. The van der Waals surface area contributed by atoms with Gasteiger partial charge in [-0.25, -0.2) is 4.39 Å². The Morgan fingerprint density at radius 1 is 1.27 bits per heavy atom. The number of rotatable bonds is 4. The van der Waals surface area contributed by atoms with Crippen molar-refractivity contribution in [2.45, 2.75) is 20.0 Å². The van der Waals surface area contributed by atoms with E-state index in [0.29, 0.717) is 11.3 Å². The summed E-state index contributed by atoms with van der Waals surface area (Å²) in [4.78, 5) is 24.2. The largest absolute Gasteiger partial charge is 0.481 e. The van der Waals surface area contributed by atoms with Crippen LogP contribution >= 0.6 is 0 Å². The zero-order chi connectivity index (χ0) is 16.3. The lowest BCUT2D eigenvalue weighted by molar-refractivity contribution is -0.122. The van der Waals surface area contributed by atoms with Gasteiger partial charge >= 0.3 is 0 Å². The van der Waals surface area contributed by atoms with E-state index in [1.165, 1.54) is 28.8 Å². The first-order valence-electron chi connectivity index (χ1n) is 6.78. The third kappa shape index (κ3) is 3.52. The lowest BCUT2D eigenvalue weighted by atomic mass is 10.2. The summed E-state index contributed by atoms with van der Waals surface area (Å²) in [5.41, 5.74) is 0.609. The molecule has 0 fully saturated rings. The molecule has 1 heterocycles. The van der Waals surface area contributed by atoms with E-state index < -0.39 is 12.0 Å². The second-order valence-corrected chi connectivity index (χ2v) is 4.99. The minimum absolute atomic E-state index is 0.226. The minimum Gasteiger partial charge on any atom is -0.481 e. The Labute approximate surface area is 127 Å². The summed E-state index contributed by atoms with van der Waals surface area (Å²) in [6.07, 6.45) is 0.806. The van der Waals surface area contributed by atoms with Crippen LogP contribution in [0.4, 0.5) is 10.1 Å². The van der Waals surface area contributed by atoms with Crippen molar-refractivity contribution in [3.63, 3.8) is 0 Å². The molecule has 1 aromatic carbocycles. The van der Waals surface area contributed by atoms with Gasteiger partial charge in [0.1, 0.15) is 17.3 Å². The van der Waals surface area contributed by atoms with Crippen molar-refractivity contribution < 1.29 is 13.9 Å². The number of amides is 1. The second kappa shape index (κ2) is 6.43. The van der Waals surface area contributed by atoms with Crippen LogP contribution in [0.3, 0.4) is 0 Å². The van der Waals surface area contributed by atoms with Gasteiger partial charge in [-0.2, -0.15) is 0 Å². The van der Waals surface area contributed by atoms with Crippen molar-refractivity contribution in [3.8, 4) is 5.75 Å². The smallest absolute Gasteiger partial charge is 0.274 e. The molecule has 0 aliphatic carbocycles. The van der Waals surface area contributed by atoms with E-state index in [4.69, 9.17) is 4.74 Å². The van der Waals surface area contributed by atoms with Crippen LogP contribution in [0.2, 0.25) is 0 Å². The van der Waals surface area contributed by atoms with Crippen LogP contribution in [0.25, 0.3) is 0 Å². The number of carbonyl (C=O) groups excluding carboxylic acids is 1. The van der Waals surface area contributed by atoms with Crippen LogP contribution in [-0.4, -0.2) is 16.6 Å². The molecular weight excluding hydrogens is 287 g/mol. The van der Waals surface area contributed by atoms with Crippen LogP contribution in [0, 0.1) is 12.7 Å². The van der Waals surface area contributed by atoms with Crippen molar-refractivity contribution in [3.05, 3.63) is 58.3 Å². The molecule has 0 saturated carbocycles. The Morgan fingerprint density at radius 3 is 2.55 bits per heavy atom. The van der Waals surface area contributed by atoms with Gasteiger partial charge in [0.05, 0.1) is 0 Å². The van der Waals surface area contributed by atoms with E-state index in [1.807, 2.05) is 0 Å². The number of hydrogen-bond acceptors (Lipinski definition) is 3. The normalized spacial score (nSPS) is 11.8. The number of hydrogen-bond donors (Lipinski definition) is 1. The first-order valence-corrected chi connectivity index (χ1v) is 6.78. The van der Waals surface area contributed by atoms with Gasteiger partial charge in [-0.05, 0) is 49.7 Å². The Kier molecular flexibility index (Phi) is 4.60. The van der Waals surface area contributed by atoms with E-state index in [9.17, 15) is 14.0 Å². The SMILES string of the molecule is Cc1ccn(C)c(=O)c1NC(=O)C(C)Oc1ccc(F)cc1. The Hall–Kier alpha value is -2.63. The summed E-state index contributed by atoms with van der Waals surface area (Å²) < 4.78 is 19.6. The highest BCUT2D eigenvalue weighted by atomic mass is 19.1. The van der Waals surface area contributed by atoms with Gasteiger partial charge in [0.15, 0.2) is 6.10 Å². The Morgan fingerprint density at radius 2 is 1.91 bits per heavy atom. The number of nitrogens with zero attached hydrogens (tertiary/aromatic N) is 1. The molecule has 0 saturated heterocycles. The molecule has 2 rings (SSSR count). The fourth-order valence-corrected chi connectivity index (χ4v) is 1.87. The van der Waals surface area contributed by atoms with Crippen molar-refractivity contribution in [2.75, 3.05) is 5.32 Å². The Balaban J connectivity index is 2.10. The number of aromatic nitrogens is 1. The highest BCUT2D eigenvalue weighted by molar-refractivity contribution is 5.94. The third-order valence-corrected chi connectivity index (χ3v) is 3.22. The molecule has 1 N–H and O–H groups in total. The van der Waals surface area contributed by atoms with Crippen LogP contribution in [0.15, 0.2) is 41.3 Å². The van der Waals surface area contributed by atoms with E-state index >= 15 is 0 Å². The number of nitrogens with one attached hydrogen (secondary N) is 1. The third-order valence-electron chi connectivity index (χ3n) is 3.22. The number of aryl methyl sites for hydroxylation is 2. The molecule has 0 radical (unpaired) electrons. The van der Waals surface area contributed by atoms with E-state index in [1.54, 1.807) is 33.2 Å². The van der Waals surface area contributed by atoms with E-state index in [0.717, 1.165) is 0 Å². The lowest BCUT2D eigenvalue weighted by Gasteiger charge is -2.15. The van der Waals surface area contributed by atoms with Gasteiger partial charge < -0.3 is 14.6 Å². The molecule has 0 aliphatic heterocycles. The number of benzene rings is 1. The van der Waals surface area contributed by atoms with Gasteiger partial charge in [0, 0.05) is 13.2 Å². The number of carbonyl (C=O) groups is 1. The molecule has 2 aromatic rings. The van der Waals surface area contributed by atoms with Crippen molar-refractivity contribution in [1.29, 1.82) is 0 Å². The topological polar surface area (TPSA) is 60.3 Å². The fraction of sp³-hybridized carbons (Fsp3) is 0.250. The molecular formula is C16H17FN2O3. The summed E-state index contributed by atoms with van der Waals surface area (Å²) in [5.74, 6) is -0.453. The van der Waals surface area contributed by atoms with Gasteiger partial charge in [-0.15, -0.1) is 0 Å². The zero-order valence-corrected chi connectivity index (χ0v) is 12.6. The molecule has 116 valence electrons. The summed E-state index contributed by atoms with van der Waals surface area (Å²) >= 11 is 0. The number of ether oxygens (including phenoxy) is 1. The van der Waals surface area contributed by atoms with Crippen molar-refractivity contribution in [1.82, 2.24) is 4.57 Å². The molecule has 22 heavy (non-hydrogen) atoms. The fourth-order valence-electron chi connectivity index (χ4n) is 1.87. The molecule has 1 atom stereocenters. The van der Waals surface area contributed by atoms with Crippen LogP contribution in [0.5, 0.6) is 5.75 Å². The monoisotopic (exact) mass is 304 g/mol. The highest BCUT2D eigenvalue weighted by Gasteiger charge is 2.17. The average Bonchev–Trinajstić information content (AvgIpc) is 2.49. The Bertz CT molecular complexity index is 738.